The summed E-state index contributed by atoms with van der Waals surface area (Å²) in [6.07, 6.45) is 0.106. The van der Waals surface area contributed by atoms with E-state index in [1.807, 2.05) is 6.07 Å². The van der Waals surface area contributed by atoms with E-state index in [1.54, 1.807) is 7.11 Å². The molecule has 1 atom stereocenters. The lowest BCUT2D eigenvalue weighted by atomic mass is 10.0. The van der Waals surface area contributed by atoms with Crippen molar-refractivity contribution in [3.63, 3.8) is 0 Å². The minimum atomic E-state index is -0.153. The lowest BCUT2D eigenvalue weighted by Gasteiger charge is -2.42. The number of hydrogen-bond donors (Lipinski definition) is 1. The zero-order valence-electron chi connectivity index (χ0n) is 13.0. The molecule has 112 valence electrons. The van der Waals surface area contributed by atoms with Crippen molar-refractivity contribution >= 4 is 0 Å². The molecule has 1 aromatic rings. The standard InChI is InChI=1S/C16H26N2O2/c1-12-5-6-15(19-4)13(7-12)9-18-10-14(8-17)20-16(2,3)11-18/h5-7,14H,8-11,17H2,1-4H3. The van der Waals surface area contributed by atoms with Crippen LogP contribution in [0.25, 0.3) is 0 Å². The highest BCUT2D eigenvalue weighted by molar-refractivity contribution is 5.36. The van der Waals surface area contributed by atoms with E-state index in [4.69, 9.17) is 15.2 Å². The molecule has 0 spiro atoms. The van der Waals surface area contributed by atoms with Gasteiger partial charge in [0.05, 0.1) is 18.8 Å². The van der Waals surface area contributed by atoms with Gasteiger partial charge in [0.25, 0.3) is 0 Å². The van der Waals surface area contributed by atoms with Gasteiger partial charge in [-0.05, 0) is 26.8 Å². The highest BCUT2D eigenvalue weighted by atomic mass is 16.5. The minimum Gasteiger partial charge on any atom is -0.496 e. The van der Waals surface area contributed by atoms with Crippen LogP contribution in [0.1, 0.15) is 25.0 Å². The monoisotopic (exact) mass is 278 g/mol. The summed E-state index contributed by atoms with van der Waals surface area (Å²) < 4.78 is 11.4. The molecule has 0 amide bonds. The number of hydrogen-bond acceptors (Lipinski definition) is 4. The molecule has 2 N–H and O–H groups in total. The Kier molecular flexibility index (Phi) is 4.68. The predicted octanol–water partition coefficient (Wildman–Crippen LogP) is 1.94. The van der Waals surface area contributed by atoms with Crippen LogP contribution in [0.3, 0.4) is 0 Å². The molecule has 1 aliphatic heterocycles. The zero-order chi connectivity index (χ0) is 14.8. The Bertz CT molecular complexity index is 460. The Morgan fingerprint density at radius 3 is 2.85 bits per heavy atom. The fourth-order valence-corrected chi connectivity index (χ4v) is 2.93. The maximum Gasteiger partial charge on any atom is 0.123 e. The van der Waals surface area contributed by atoms with Crippen LogP contribution in [0, 0.1) is 6.92 Å². The van der Waals surface area contributed by atoms with Gasteiger partial charge in [-0.2, -0.15) is 0 Å². The third kappa shape index (κ3) is 3.72. The molecule has 0 bridgehead atoms. The predicted molar refractivity (Wildman–Crippen MR) is 81.0 cm³/mol. The van der Waals surface area contributed by atoms with E-state index in [1.165, 1.54) is 11.1 Å². The van der Waals surface area contributed by atoms with Gasteiger partial charge in [-0.25, -0.2) is 0 Å². The third-order valence-electron chi connectivity index (χ3n) is 3.64. The van der Waals surface area contributed by atoms with Crippen molar-refractivity contribution in [1.29, 1.82) is 0 Å². The van der Waals surface area contributed by atoms with Gasteiger partial charge in [-0.1, -0.05) is 17.7 Å². The quantitative estimate of drug-likeness (QED) is 0.914. The summed E-state index contributed by atoms with van der Waals surface area (Å²) in [4.78, 5) is 2.40. The van der Waals surface area contributed by atoms with Crippen molar-refractivity contribution in [2.45, 2.75) is 39.0 Å². The van der Waals surface area contributed by atoms with E-state index in [0.717, 1.165) is 25.4 Å². The first-order valence-corrected chi connectivity index (χ1v) is 7.17. The first kappa shape index (κ1) is 15.3. The van der Waals surface area contributed by atoms with Crippen LogP contribution in [-0.4, -0.2) is 43.3 Å². The second kappa shape index (κ2) is 6.12. The molecular weight excluding hydrogens is 252 g/mol. The van der Waals surface area contributed by atoms with Gasteiger partial charge < -0.3 is 15.2 Å². The van der Waals surface area contributed by atoms with Crippen molar-refractivity contribution in [3.05, 3.63) is 29.3 Å². The molecule has 0 radical (unpaired) electrons. The highest BCUT2D eigenvalue weighted by Crippen LogP contribution is 2.26. The van der Waals surface area contributed by atoms with Gasteiger partial charge in [0.1, 0.15) is 5.75 Å². The molecule has 1 heterocycles. The van der Waals surface area contributed by atoms with Crippen LogP contribution in [-0.2, 0) is 11.3 Å². The summed E-state index contributed by atoms with van der Waals surface area (Å²) >= 11 is 0. The van der Waals surface area contributed by atoms with Crippen molar-refractivity contribution in [3.8, 4) is 5.75 Å². The van der Waals surface area contributed by atoms with Crippen molar-refractivity contribution in [2.24, 2.45) is 5.73 Å². The van der Waals surface area contributed by atoms with Crippen molar-refractivity contribution in [2.75, 3.05) is 26.7 Å². The normalized spacial score (nSPS) is 22.8. The molecule has 4 heteroatoms. The second-order valence-electron chi connectivity index (χ2n) is 6.22. The Labute approximate surface area is 121 Å². The molecule has 0 aliphatic carbocycles. The Morgan fingerprint density at radius 1 is 1.45 bits per heavy atom. The van der Waals surface area contributed by atoms with Crippen LogP contribution in [0.4, 0.5) is 0 Å². The molecule has 1 aliphatic rings. The molecule has 0 saturated carbocycles. The molecule has 1 unspecified atom stereocenters. The van der Waals surface area contributed by atoms with Gasteiger partial charge >= 0.3 is 0 Å². The van der Waals surface area contributed by atoms with Crippen molar-refractivity contribution < 1.29 is 9.47 Å². The molecular formula is C16H26N2O2. The fraction of sp³-hybridized carbons (Fsp3) is 0.625. The van der Waals surface area contributed by atoms with Gasteiger partial charge in [-0.15, -0.1) is 0 Å². The van der Waals surface area contributed by atoms with Gasteiger partial charge in [0.2, 0.25) is 0 Å². The molecule has 2 rings (SSSR count). The van der Waals surface area contributed by atoms with Crippen LogP contribution >= 0.6 is 0 Å². The fourth-order valence-electron chi connectivity index (χ4n) is 2.93. The average Bonchev–Trinajstić information content (AvgIpc) is 2.37. The number of nitrogens with zero attached hydrogens (tertiary/aromatic N) is 1. The van der Waals surface area contributed by atoms with Crippen LogP contribution in [0.2, 0.25) is 0 Å². The minimum absolute atomic E-state index is 0.106. The van der Waals surface area contributed by atoms with Crippen LogP contribution in [0.15, 0.2) is 18.2 Å². The molecule has 0 aromatic heterocycles. The lowest BCUT2D eigenvalue weighted by molar-refractivity contribution is -0.134. The number of ether oxygens (including phenoxy) is 2. The van der Waals surface area contributed by atoms with E-state index < -0.39 is 0 Å². The lowest BCUT2D eigenvalue weighted by Crippen LogP contribution is -2.54. The summed E-state index contributed by atoms with van der Waals surface area (Å²) in [6, 6.07) is 6.31. The maximum absolute atomic E-state index is 5.97. The molecule has 1 saturated heterocycles. The summed E-state index contributed by atoms with van der Waals surface area (Å²) in [7, 11) is 1.72. The molecule has 1 aromatic carbocycles. The summed E-state index contributed by atoms with van der Waals surface area (Å²) in [6.45, 7) is 9.55. The smallest absolute Gasteiger partial charge is 0.123 e. The van der Waals surface area contributed by atoms with Crippen LogP contribution in [0.5, 0.6) is 5.75 Å². The van der Waals surface area contributed by atoms with Gasteiger partial charge in [0, 0.05) is 31.7 Å². The Morgan fingerprint density at radius 2 is 2.20 bits per heavy atom. The van der Waals surface area contributed by atoms with Gasteiger partial charge in [-0.3, -0.25) is 4.90 Å². The number of morpholine rings is 1. The maximum atomic E-state index is 5.97. The first-order chi connectivity index (χ1) is 9.43. The number of methoxy groups -OCH3 is 1. The van der Waals surface area contributed by atoms with E-state index >= 15 is 0 Å². The molecule has 20 heavy (non-hydrogen) atoms. The number of nitrogens with two attached hydrogens (primary N) is 1. The Balaban J connectivity index is 2.14. The van der Waals surface area contributed by atoms with Gasteiger partial charge in [0.15, 0.2) is 0 Å². The summed E-state index contributed by atoms with van der Waals surface area (Å²) in [5.41, 5.74) is 8.11. The van der Waals surface area contributed by atoms with E-state index in [9.17, 15) is 0 Å². The summed E-state index contributed by atoms with van der Waals surface area (Å²) in [5, 5.41) is 0. The average molecular weight is 278 g/mol. The van der Waals surface area contributed by atoms with Crippen LogP contribution < -0.4 is 10.5 Å². The van der Waals surface area contributed by atoms with E-state index in [2.05, 4.69) is 37.8 Å². The topological polar surface area (TPSA) is 47.7 Å². The Hall–Kier alpha value is -1.10. The number of aryl methyl sites for hydroxylation is 1. The molecule has 1 fully saturated rings. The van der Waals surface area contributed by atoms with E-state index in [-0.39, 0.29) is 11.7 Å². The number of rotatable bonds is 4. The zero-order valence-corrected chi connectivity index (χ0v) is 13.0. The first-order valence-electron chi connectivity index (χ1n) is 7.17. The highest BCUT2D eigenvalue weighted by Gasteiger charge is 2.32. The third-order valence-corrected chi connectivity index (χ3v) is 3.64. The summed E-state index contributed by atoms with van der Waals surface area (Å²) in [5.74, 6) is 0.948. The van der Waals surface area contributed by atoms with E-state index in [0.29, 0.717) is 6.54 Å². The second-order valence-corrected chi connectivity index (χ2v) is 6.22. The van der Waals surface area contributed by atoms with Crippen molar-refractivity contribution in [1.82, 2.24) is 4.90 Å². The number of benzene rings is 1. The largest absolute Gasteiger partial charge is 0.496 e. The molecule has 4 nitrogen and oxygen atoms in total. The SMILES string of the molecule is COc1ccc(C)cc1CN1CC(CN)OC(C)(C)C1.